The van der Waals surface area contributed by atoms with Gasteiger partial charge >= 0.3 is 5.97 Å². The lowest BCUT2D eigenvalue weighted by Gasteiger charge is -2.32. The Labute approximate surface area is 117 Å². The van der Waals surface area contributed by atoms with Crippen LogP contribution in [0.1, 0.15) is 31.2 Å². The minimum Gasteiger partial charge on any atom is -0.481 e. The number of hydrogen-bond acceptors (Lipinski definition) is 2. The van der Waals surface area contributed by atoms with Crippen LogP contribution >= 0.6 is 0 Å². The van der Waals surface area contributed by atoms with Crippen LogP contribution < -0.4 is 0 Å². The summed E-state index contributed by atoms with van der Waals surface area (Å²) in [5, 5.41) is 8.71. The summed E-state index contributed by atoms with van der Waals surface area (Å²) in [6.07, 6.45) is 2.95. The van der Waals surface area contributed by atoms with Crippen molar-refractivity contribution < 1.29 is 18.7 Å². The summed E-state index contributed by atoms with van der Waals surface area (Å²) in [5.41, 5.74) is 0.753. The monoisotopic (exact) mass is 283 g/mol. The number of nitrogens with zero attached hydrogens (tertiary/aromatic N) is 1. The molecule has 1 aliphatic rings. The number of halogens is 2. The largest absolute Gasteiger partial charge is 0.481 e. The van der Waals surface area contributed by atoms with Gasteiger partial charge in [-0.25, -0.2) is 8.78 Å². The number of aliphatic carboxylic acids is 1. The Morgan fingerprint density at radius 3 is 2.85 bits per heavy atom. The molecular weight excluding hydrogens is 264 g/mol. The summed E-state index contributed by atoms with van der Waals surface area (Å²) in [7, 11) is 0. The topological polar surface area (TPSA) is 40.5 Å². The van der Waals surface area contributed by atoms with Gasteiger partial charge < -0.3 is 5.11 Å². The lowest BCUT2D eigenvalue weighted by Crippen LogP contribution is -2.35. The van der Waals surface area contributed by atoms with E-state index in [0.717, 1.165) is 37.6 Å². The first-order chi connectivity index (χ1) is 9.54. The summed E-state index contributed by atoms with van der Waals surface area (Å²) < 4.78 is 26.0. The highest BCUT2D eigenvalue weighted by atomic mass is 19.2. The molecule has 20 heavy (non-hydrogen) atoms. The minimum atomic E-state index is -0.827. The Morgan fingerprint density at radius 1 is 1.35 bits per heavy atom. The van der Waals surface area contributed by atoms with Gasteiger partial charge in [-0.1, -0.05) is 6.07 Å². The molecule has 5 heteroatoms. The quantitative estimate of drug-likeness (QED) is 0.903. The molecule has 1 heterocycles. The van der Waals surface area contributed by atoms with Crippen LogP contribution in [0.2, 0.25) is 0 Å². The Hall–Kier alpha value is -1.49. The van der Waals surface area contributed by atoms with E-state index < -0.39 is 17.6 Å². The second-order valence-corrected chi connectivity index (χ2v) is 5.42. The van der Waals surface area contributed by atoms with Gasteiger partial charge in [0.25, 0.3) is 0 Å². The van der Waals surface area contributed by atoms with Crippen LogP contribution in [0.3, 0.4) is 0 Å². The van der Waals surface area contributed by atoms with Crippen LogP contribution in [-0.4, -0.2) is 29.1 Å². The van der Waals surface area contributed by atoms with E-state index in [1.807, 2.05) is 0 Å². The highest BCUT2D eigenvalue weighted by Crippen LogP contribution is 2.22. The number of hydrogen-bond donors (Lipinski definition) is 1. The van der Waals surface area contributed by atoms with Crippen molar-refractivity contribution in [2.24, 2.45) is 5.92 Å². The predicted molar refractivity (Wildman–Crippen MR) is 71.2 cm³/mol. The second-order valence-electron chi connectivity index (χ2n) is 5.42. The molecule has 0 saturated carbocycles. The third kappa shape index (κ3) is 4.27. The molecule has 1 atom stereocenters. The lowest BCUT2D eigenvalue weighted by atomic mass is 9.93. The van der Waals surface area contributed by atoms with Gasteiger partial charge in [0.05, 0.1) is 0 Å². The van der Waals surface area contributed by atoms with E-state index in [4.69, 9.17) is 5.11 Å². The first-order valence-electron chi connectivity index (χ1n) is 6.92. The van der Waals surface area contributed by atoms with E-state index in [1.54, 1.807) is 6.07 Å². The Kier molecular flexibility index (Phi) is 5.06. The minimum absolute atomic E-state index is 0.198. The van der Waals surface area contributed by atoms with Gasteiger partial charge in [0.15, 0.2) is 11.6 Å². The van der Waals surface area contributed by atoms with Crippen molar-refractivity contribution in [1.82, 2.24) is 4.90 Å². The summed E-state index contributed by atoms with van der Waals surface area (Å²) >= 11 is 0. The maximum absolute atomic E-state index is 13.2. The van der Waals surface area contributed by atoms with E-state index in [9.17, 15) is 13.6 Å². The fourth-order valence-electron chi connectivity index (χ4n) is 2.75. The van der Waals surface area contributed by atoms with Crippen molar-refractivity contribution in [2.45, 2.75) is 32.2 Å². The van der Waals surface area contributed by atoms with Crippen molar-refractivity contribution in [2.75, 3.05) is 13.1 Å². The van der Waals surface area contributed by atoms with E-state index in [1.165, 1.54) is 6.07 Å². The standard InChI is InChI=1S/C15H19F2NO2/c16-13-5-3-12(8-14(13)17)10-18-7-1-2-11(9-18)4-6-15(19)20/h3,5,8,11H,1-2,4,6-7,9-10H2,(H,19,20). The van der Waals surface area contributed by atoms with Crippen molar-refractivity contribution in [3.8, 4) is 0 Å². The molecule has 1 unspecified atom stereocenters. The van der Waals surface area contributed by atoms with Crippen molar-refractivity contribution >= 4 is 5.97 Å². The van der Waals surface area contributed by atoms with Gasteiger partial charge in [-0.15, -0.1) is 0 Å². The predicted octanol–water partition coefficient (Wildman–Crippen LogP) is 3.04. The van der Waals surface area contributed by atoms with Crippen LogP contribution in [0.25, 0.3) is 0 Å². The van der Waals surface area contributed by atoms with E-state index in [0.29, 0.717) is 18.9 Å². The van der Waals surface area contributed by atoms with Crippen LogP contribution in [-0.2, 0) is 11.3 Å². The van der Waals surface area contributed by atoms with Gasteiger partial charge in [-0.2, -0.15) is 0 Å². The van der Waals surface area contributed by atoms with Gasteiger partial charge in [0.2, 0.25) is 0 Å². The average molecular weight is 283 g/mol. The van der Waals surface area contributed by atoms with Gasteiger partial charge in [-0.05, 0) is 49.4 Å². The molecule has 0 aliphatic carbocycles. The molecule has 0 spiro atoms. The van der Waals surface area contributed by atoms with Crippen molar-refractivity contribution in [3.63, 3.8) is 0 Å². The molecule has 1 saturated heterocycles. The number of carboxylic acid groups (broad SMARTS) is 1. The zero-order valence-corrected chi connectivity index (χ0v) is 11.3. The zero-order valence-electron chi connectivity index (χ0n) is 11.3. The SMILES string of the molecule is O=C(O)CCC1CCCN(Cc2ccc(F)c(F)c2)C1. The number of benzene rings is 1. The molecule has 0 radical (unpaired) electrons. The van der Waals surface area contributed by atoms with Gasteiger partial charge in [-0.3, -0.25) is 9.69 Å². The Balaban J connectivity index is 1.88. The highest BCUT2D eigenvalue weighted by molar-refractivity contribution is 5.66. The average Bonchev–Trinajstić information content (AvgIpc) is 2.41. The van der Waals surface area contributed by atoms with Crippen LogP contribution in [0, 0.1) is 17.6 Å². The van der Waals surface area contributed by atoms with E-state index in [2.05, 4.69) is 4.90 Å². The van der Waals surface area contributed by atoms with E-state index in [-0.39, 0.29) is 6.42 Å². The smallest absolute Gasteiger partial charge is 0.303 e. The molecule has 1 aromatic carbocycles. The molecule has 0 bridgehead atoms. The molecule has 0 aromatic heterocycles. The normalized spacial score (nSPS) is 20.0. The van der Waals surface area contributed by atoms with E-state index >= 15 is 0 Å². The summed E-state index contributed by atoms with van der Waals surface area (Å²) in [5.74, 6) is -2.03. The van der Waals surface area contributed by atoms with Gasteiger partial charge in [0.1, 0.15) is 0 Å². The molecular formula is C15H19F2NO2. The fraction of sp³-hybridized carbons (Fsp3) is 0.533. The number of carbonyl (C=O) groups is 1. The summed E-state index contributed by atoms with van der Waals surface area (Å²) in [6.45, 7) is 2.33. The van der Waals surface area contributed by atoms with Crippen LogP contribution in [0.5, 0.6) is 0 Å². The van der Waals surface area contributed by atoms with Crippen LogP contribution in [0.15, 0.2) is 18.2 Å². The summed E-state index contributed by atoms with van der Waals surface area (Å²) in [4.78, 5) is 12.8. The zero-order chi connectivity index (χ0) is 14.5. The van der Waals surface area contributed by atoms with Gasteiger partial charge in [0, 0.05) is 19.5 Å². The number of carboxylic acids is 1. The summed E-state index contributed by atoms with van der Waals surface area (Å²) in [6, 6.07) is 3.98. The lowest BCUT2D eigenvalue weighted by molar-refractivity contribution is -0.137. The maximum atomic E-state index is 13.2. The number of rotatable bonds is 5. The molecule has 1 N–H and O–H groups in total. The second kappa shape index (κ2) is 6.79. The highest BCUT2D eigenvalue weighted by Gasteiger charge is 2.20. The fourth-order valence-corrected chi connectivity index (χ4v) is 2.75. The Morgan fingerprint density at radius 2 is 2.15 bits per heavy atom. The third-order valence-corrected chi connectivity index (χ3v) is 3.76. The number of likely N-dealkylation sites (tertiary alicyclic amines) is 1. The maximum Gasteiger partial charge on any atom is 0.303 e. The van der Waals surface area contributed by atoms with Crippen LogP contribution in [0.4, 0.5) is 8.78 Å². The first kappa shape index (κ1) is 14.9. The molecule has 3 nitrogen and oxygen atoms in total. The van der Waals surface area contributed by atoms with Crippen molar-refractivity contribution in [1.29, 1.82) is 0 Å². The molecule has 1 aliphatic heterocycles. The first-order valence-corrected chi connectivity index (χ1v) is 6.92. The molecule has 0 amide bonds. The Bertz CT molecular complexity index is 479. The molecule has 1 aromatic rings. The third-order valence-electron chi connectivity index (χ3n) is 3.76. The molecule has 1 fully saturated rings. The molecule has 110 valence electrons. The number of piperidine rings is 1. The van der Waals surface area contributed by atoms with Crippen molar-refractivity contribution in [3.05, 3.63) is 35.4 Å². The molecule has 2 rings (SSSR count).